The number of anilines is 1. The van der Waals surface area contributed by atoms with Crippen LogP contribution in [0.2, 0.25) is 5.02 Å². The predicted molar refractivity (Wildman–Crippen MR) is 124 cm³/mol. The molecule has 6 nitrogen and oxygen atoms in total. The van der Waals surface area contributed by atoms with Crippen molar-refractivity contribution in [3.63, 3.8) is 0 Å². The summed E-state index contributed by atoms with van der Waals surface area (Å²) in [4.78, 5) is 25.4. The first-order valence-corrected chi connectivity index (χ1v) is 11.3. The van der Waals surface area contributed by atoms with E-state index in [1.54, 1.807) is 6.92 Å². The smallest absolute Gasteiger partial charge is 0.417 e. The van der Waals surface area contributed by atoms with Crippen LogP contribution in [0.25, 0.3) is 0 Å². The number of hydrogen-bond donors (Lipinski definition) is 1. The van der Waals surface area contributed by atoms with Crippen molar-refractivity contribution in [3.05, 3.63) is 63.7 Å². The normalized spacial score (nSPS) is 18.0. The number of amides is 1. The topological polar surface area (TPSA) is 71.0 Å². The number of rotatable bonds is 6. The van der Waals surface area contributed by atoms with Crippen LogP contribution in [0, 0.1) is 12.3 Å². The standard InChI is InChI=1S/C24H22ClF6N3O3/c1-4-37-21(36)22(3)12-34(33-20(22)14-5-7-17(18(25)10-14)24(29,30)31)11-19(35)32-15-6-8-16(13(2)9-15)23(26,27)28/h5-10H,4,11-12H2,1-3H3,(H,32,35). The maximum Gasteiger partial charge on any atom is 0.417 e. The lowest BCUT2D eigenvalue weighted by Crippen LogP contribution is -2.41. The number of benzene rings is 2. The number of hydrazone groups is 1. The Kier molecular flexibility index (Phi) is 7.83. The summed E-state index contributed by atoms with van der Waals surface area (Å²) in [5.41, 5.74) is -3.10. The third kappa shape index (κ3) is 6.17. The average Bonchev–Trinajstić information content (AvgIpc) is 3.09. The fraction of sp³-hybridized carbons (Fsp3) is 0.375. The van der Waals surface area contributed by atoms with Gasteiger partial charge >= 0.3 is 18.3 Å². The number of nitrogens with one attached hydrogen (secondary N) is 1. The van der Waals surface area contributed by atoms with Gasteiger partial charge in [0.05, 0.1) is 35.0 Å². The van der Waals surface area contributed by atoms with Crippen molar-refractivity contribution in [1.29, 1.82) is 0 Å². The van der Waals surface area contributed by atoms with Crippen LogP contribution < -0.4 is 5.32 Å². The van der Waals surface area contributed by atoms with Crippen molar-refractivity contribution in [2.24, 2.45) is 10.5 Å². The number of alkyl halides is 6. The van der Waals surface area contributed by atoms with Gasteiger partial charge in [-0.1, -0.05) is 17.7 Å². The molecule has 0 radical (unpaired) electrons. The van der Waals surface area contributed by atoms with Crippen LogP contribution in [0.3, 0.4) is 0 Å². The molecule has 3 rings (SSSR count). The summed E-state index contributed by atoms with van der Waals surface area (Å²) in [6, 6.07) is 6.07. The number of halogens is 7. The zero-order valence-electron chi connectivity index (χ0n) is 19.9. The number of esters is 1. The number of nitrogens with zero attached hydrogens (tertiary/aromatic N) is 2. The van der Waals surface area contributed by atoms with Gasteiger partial charge in [0, 0.05) is 11.3 Å². The Hall–Kier alpha value is -3.28. The summed E-state index contributed by atoms with van der Waals surface area (Å²) in [5, 5.41) is 7.41. The van der Waals surface area contributed by atoms with Crippen LogP contribution in [0.4, 0.5) is 32.0 Å². The molecule has 0 saturated carbocycles. The molecule has 1 aliphatic heterocycles. The largest absolute Gasteiger partial charge is 0.465 e. The minimum absolute atomic E-state index is 0.0310. The number of hydrogen-bond acceptors (Lipinski definition) is 5. The molecular weight excluding hydrogens is 528 g/mol. The molecule has 1 atom stereocenters. The first-order valence-electron chi connectivity index (χ1n) is 10.9. The third-order valence-electron chi connectivity index (χ3n) is 5.68. The summed E-state index contributed by atoms with van der Waals surface area (Å²) in [5.74, 6) is -1.34. The molecule has 0 aliphatic carbocycles. The lowest BCUT2D eigenvalue weighted by atomic mass is 9.82. The lowest BCUT2D eigenvalue weighted by molar-refractivity contribution is -0.150. The second-order valence-electron chi connectivity index (χ2n) is 8.59. The lowest BCUT2D eigenvalue weighted by Gasteiger charge is -2.24. The Morgan fingerprint density at radius 1 is 1.08 bits per heavy atom. The average molecular weight is 550 g/mol. The Morgan fingerprint density at radius 2 is 1.70 bits per heavy atom. The molecule has 2 aromatic carbocycles. The Bertz CT molecular complexity index is 1250. The second-order valence-corrected chi connectivity index (χ2v) is 9.00. The number of ether oxygens (including phenoxy) is 1. The second kappa shape index (κ2) is 10.2. The molecule has 1 N–H and O–H groups in total. The summed E-state index contributed by atoms with van der Waals surface area (Å²) in [6.45, 7) is 3.82. The molecule has 1 unspecified atom stereocenters. The molecular formula is C24H22ClF6N3O3. The minimum atomic E-state index is -4.68. The number of carbonyl (C=O) groups is 2. The van der Waals surface area contributed by atoms with Gasteiger partial charge in [-0.05, 0) is 56.7 Å². The molecule has 1 aliphatic rings. The van der Waals surface area contributed by atoms with Gasteiger partial charge in [-0.3, -0.25) is 14.6 Å². The molecule has 200 valence electrons. The van der Waals surface area contributed by atoms with E-state index in [0.717, 1.165) is 30.3 Å². The molecule has 2 aromatic rings. The fourth-order valence-electron chi connectivity index (χ4n) is 3.96. The highest BCUT2D eigenvalue weighted by atomic mass is 35.5. The maximum absolute atomic E-state index is 13.1. The summed E-state index contributed by atoms with van der Waals surface area (Å²) in [6.07, 6.45) is -9.22. The molecule has 0 spiro atoms. The molecule has 37 heavy (non-hydrogen) atoms. The monoisotopic (exact) mass is 549 g/mol. The van der Waals surface area contributed by atoms with Crippen LogP contribution in [0.5, 0.6) is 0 Å². The van der Waals surface area contributed by atoms with Crippen LogP contribution in [0.15, 0.2) is 41.5 Å². The first-order chi connectivity index (χ1) is 17.1. The van der Waals surface area contributed by atoms with Crippen LogP contribution in [-0.4, -0.2) is 42.3 Å². The predicted octanol–water partition coefficient (Wildman–Crippen LogP) is 5.91. The Labute approximate surface area is 213 Å². The van der Waals surface area contributed by atoms with Crippen molar-refractivity contribution < 1.29 is 40.7 Å². The molecule has 1 amide bonds. The fourth-order valence-corrected chi connectivity index (χ4v) is 4.25. The molecule has 0 fully saturated rings. The van der Waals surface area contributed by atoms with Gasteiger partial charge in [0.1, 0.15) is 12.0 Å². The van der Waals surface area contributed by atoms with E-state index in [4.69, 9.17) is 16.3 Å². The van der Waals surface area contributed by atoms with E-state index < -0.39 is 52.3 Å². The van der Waals surface area contributed by atoms with E-state index in [2.05, 4.69) is 10.4 Å². The van der Waals surface area contributed by atoms with E-state index in [1.807, 2.05) is 0 Å². The zero-order valence-corrected chi connectivity index (χ0v) is 20.6. The van der Waals surface area contributed by atoms with E-state index in [9.17, 15) is 35.9 Å². The summed E-state index contributed by atoms with van der Waals surface area (Å²) in [7, 11) is 0. The zero-order chi connectivity index (χ0) is 27.8. The van der Waals surface area contributed by atoms with Crippen LogP contribution in [-0.2, 0) is 26.7 Å². The molecule has 0 aromatic heterocycles. The van der Waals surface area contributed by atoms with E-state index in [0.29, 0.717) is 0 Å². The number of carbonyl (C=O) groups excluding carboxylic acids is 2. The van der Waals surface area contributed by atoms with Crippen LogP contribution >= 0.6 is 11.6 Å². The molecule has 1 heterocycles. The summed E-state index contributed by atoms with van der Waals surface area (Å²) < 4.78 is 83.5. The van der Waals surface area contributed by atoms with Crippen molar-refractivity contribution in [2.45, 2.75) is 33.1 Å². The SMILES string of the molecule is CCOC(=O)C1(C)CN(CC(=O)Nc2ccc(C(F)(F)F)c(C)c2)N=C1c1ccc(C(F)(F)F)c(Cl)c1. The quantitative estimate of drug-likeness (QED) is 0.359. The van der Waals surface area contributed by atoms with Crippen LogP contribution in [0.1, 0.15) is 36.1 Å². The van der Waals surface area contributed by atoms with Gasteiger partial charge in [0.25, 0.3) is 0 Å². The van der Waals surface area contributed by atoms with Gasteiger partial charge in [-0.2, -0.15) is 31.4 Å². The van der Waals surface area contributed by atoms with Gasteiger partial charge in [0.15, 0.2) is 0 Å². The van der Waals surface area contributed by atoms with E-state index >= 15 is 0 Å². The van der Waals surface area contributed by atoms with Crippen molar-refractivity contribution in [1.82, 2.24) is 5.01 Å². The summed E-state index contributed by atoms with van der Waals surface area (Å²) >= 11 is 5.85. The van der Waals surface area contributed by atoms with E-state index in [1.165, 1.54) is 24.9 Å². The third-order valence-corrected chi connectivity index (χ3v) is 5.99. The van der Waals surface area contributed by atoms with Gasteiger partial charge in [-0.25, -0.2) is 0 Å². The van der Waals surface area contributed by atoms with Gasteiger partial charge in [0.2, 0.25) is 5.91 Å². The maximum atomic E-state index is 13.1. The minimum Gasteiger partial charge on any atom is -0.465 e. The molecule has 0 bridgehead atoms. The Morgan fingerprint density at radius 3 is 2.24 bits per heavy atom. The molecule has 13 heteroatoms. The van der Waals surface area contributed by atoms with Crippen molar-refractivity contribution >= 4 is 34.9 Å². The molecule has 0 saturated heterocycles. The first kappa shape index (κ1) is 28.3. The van der Waals surface area contributed by atoms with Gasteiger partial charge < -0.3 is 10.1 Å². The van der Waals surface area contributed by atoms with Crippen molar-refractivity contribution in [3.8, 4) is 0 Å². The van der Waals surface area contributed by atoms with Gasteiger partial charge in [-0.15, -0.1) is 0 Å². The van der Waals surface area contributed by atoms with E-state index in [-0.39, 0.29) is 35.7 Å². The highest BCUT2D eigenvalue weighted by molar-refractivity contribution is 6.32. The van der Waals surface area contributed by atoms with Crippen molar-refractivity contribution in [2.75, 3.05) is 25.0 Å². The number of aryl methyl sites for hydroxylation is 1. The Balaban J connectivity index is 1.86. The highest BCUT2D eigenvalue weighted by Gasteiger charge is 2.47. The highest BCUT2D eigenvalue weighted by Crippen LogP contribution is 2.38.